The number of carbonyl (C=O) groups is 1. The van der Waals surface area contributed by atoms with Crippen molar-refractivity contribution < 1.29 is 19.4 Å². The van der Waals surface area contributed by atoms with Gasteiger partial charge in [-0.05, 0) is 13.0 Å². The summed E-state index contributed by atoms with van der Waals surface area (Å²) >= 11 is 0. The summed E-state index contributed by atoms with van der Waals surface area (Å²) in [4.78, 5) is 11.2. The lowest BCUT2D eigenvalue weighted by atomic mass is 9.95. The first-order chi connectivity index (χ1) is 9.10. The molecule has 0 spiro atoms. The molecule has 2 rings (SSSR count). The van der Waals surface area contributed by atoms with Crippen LogP contribution < -0.4 is 9.47 Å². The minimum absolute atomic E-state index is 0.589. The molecule has 0 aromatic heterocycles. The van der Waals surface area contributed by atoms with Gasteiger partial charge in [0, 0.05) is 16.3 Å². The second kappa shape index (κ2) is 5.18. The molecule has 1 atom stereocenters. The zero-order valence-electron chi connectivity index (χ0n) is 11.1. The van der Waals surface area contributed by atoms with Crippen molar-refractivity contribution in [2.75, 3.05) is 14.2 Å². The van der Waals surface area contributed by atoms with Crippen LogP contribution in [0.4, 0.5) is 0 Å². The van der Waals surface area contributed by atoms with E-state index < -0.39 is 11.9 Å². The van der Waals surface area contributed by atoms with E-state index in [1.807, 2.05) is 24.3 Å². The SMILES string of the molecule is COc1cc(C(C)C(=O)O)c(OC)c2ccccc12. The van der Waals surface area contributed by atoms with Crippen LogP contribution in [0, 0.1) is 0 Å². The Morgan fingerprint density at radius 3 is 2.32 bits per heavy atom. The minimum atomic E-state index is -0.893. The second-order valence-corrected chi connectivity index (χ2v) is 4.31. The second-order valence-electron chi connectivity index (χ2n) is 4.31. The molecular formula is C15H16O4. The van der Waals surface area contributed by atoms with E-state index >= 15 is 0 Å². The van der Waals surface area contributed by atoms with Crippen LogP contribution in [0.1, 0.15) is 18.4 Å². The van der Waals surface area contributed by atoms with E-state index in [0.717, 1.165) is 10.8 Å². The molecular weight excluding hydrogens is 244 g/mol. The maximum absolute atomic E-state index is 11.2. The highest BCUT2D eigenvalue weighted by molar-refractivity contribution is 5.96. The number of carboxylic acid groups (broad SMARTS) is 1. The molecule has 0 fully saturated rings. The van der Waals surface area contributed by atoms with Gasteiger partial charge in [-0.1, -0.05) is 24.3 Å². The smallest absolute Gasteiger partial charge is 0.310 e. The largest absolute Gasteiger partial charge is 0.496 e. The number of ether oxygens (including phenoxy) is 2. The van der Waals surface area contributed by atoms with E-state index in [1.165, 1.54) is 0 Å². The summed E-state index contributed by atoms with van der Waals surface area (Å²) < 4.78 is 10.8. The normalized spacial score (nSPS) is 12.2. The van der Waals surface area contributed by atoms with Crippen molar-refractivity contribution in [3.63, 3.8) is 0 Å². The number of benzene rings is 2. The molecule has 0 amide bonds. The average molecular weight is 260 g/mol. The first kappa shape index (κ1) is 13.2. The maximum Gasteiger partial charge on any atom is 0.310 e. The van der Waals surface area contributed by atoms with Gasteiger partial charge in [0.25, 0.3) is 0 Å². The molecule has 0 saturated heterocycles. The molecule has 2 aromatic carbocycles. The Balaban J connectivity index is 2.80. The maximum atomic E-state index is 11.2. The van der Waals surface area contributed by atoms with E-state index in [9.17, 15) is 9.90 Å². The molecule has 0 aliphatic rings. The lowest BCUT2D eigenvalue weighted by Gasteiger charge is -2.17. The number of aliphatic carboxylic acids is 1. The standard InChI is InChI=1S/C15H16O4/c1-9(15(16)17)12-8-13(18-2)10-6-4-5-7-11(10)14(12)19-3/h4-9H,1-3H3,(H,16,17). The fraction of sp³-hybridized carbons (Fsp3) is 0.267. The van der Waals surface area contributed by atoms with Gasteiger partial charge in [0.2, 0.25) is 0 Å². The fourth-order valence-corrected chi connectivity index (χ4v) is 2.19. The van der Waals surface area contributed by atoms with Crippen LogP contribution >= 0.6 is 0 Å². The zero-order chi connectivity index (χ0) is 14.0. The number of fused-ring (bicyclic) bond motifs is 1. The van der Waals surface area contributed by atoms with Crippen molar-refractivity contribution in [3.05, 3.63) is 35.9 Å². The minimum Gasteiger partial charge on any atom is -0.496 e. The summed E-state index contributed by atoms with van der Waals surface area (Å²) in [6.07, 6.45) is 0. The summed E-state index contributed by atoms with van der Waals surface area (Å²) in [5.74, 6) is -0.310. The van der Waals surface area contributed by atoms with E-state index in [4.69, 9.17) is 9.47 Å². The Bertz CT molecular complexity index is 619. The summed E-state index contributed by atoms with van der Waals surface area (Å²) in [6.45, 7) is 1.63. The molecule has 0 bridgehead atoms. The summed E-state index contributed by atoms with van der Waals surface area (Å²) in [5, 5.41) is 11.0. The van der Waals surface area contributed by atoms with Crippen molar-refractivity contribution in [2.45, 2.75) is 12.8 Å². The Hall–Kier alpha value is -2.23. The van der Waals surface area contributed by atoms with E-state index in [1.54, 1.807) is 27.2 Å². The van der Waals surface area contributed by atoms with Crippen LogP contribution in [0.3, 0.4) is 0 Å². The van der Waals surface area contributed by atoms with E-state index in [-0.39, 0.29) is 0 Å². The monoisotopic (exact) mass is 260 g/mol. The Morgan fingerprint density at radius 1 is 1.16 bits per heavy atom. The van der Waals surface area contributed by atoms with Crippen molar-refractivity contribution in [1.82, 2.24) is 0 Å². The number of carboxylic acids is 1. The van der Waals surface area contributed by atoms with Gasteiger partial charge < -0.3 is 14.6 Å². The highest BCUT2D eigenvalue weighted by atomic mass is 16.5. The molecule has 0 aliphatic carbocycles. The quantitative estimate of drug-likeness (QED) is 0.918. The first-order valence-corrected chi connectivity index (χ1v) is 5.96. The van der Waals surface area contributed by atoms with Gasteiger partial charge in [0.1, 0.15) is 11.5 Å². The van der Waals surface area contributed by atoms with Crippen molar-refractivity contribution in [1.29, 1.82) is 0 Å². The van der Waals surface area contributed by atoms with Crippen LogP contribution in [0.2, 0.25) is 0 Å². The van der Waals surface area contributed by atoms with E-state index in [2.05, 4.69) is 0 Å². The molecule has 0 heterocycles. The van der Waals surface area contributed by atoms with Gasteiger partial charge in [-0.25, -0.2) is 0 Å². The highest BCUT2D eigenvalue weighted by Crippen LogP contribution is 2.39. The molecule has 1 N–H and O–H groups in total. The zero-order valence-corrected chi connectivity index (χ0v) is 11.1. The number of methoxy groups -OCH3 is 2. The lowest BCUT2D eigenvalue weighted by Crippen LogP contribution is -2.09. The van der Waals surface area contributed by atoms with Crippen LogP contribution in [-0.4, -0.2) is 25.3 Å². The van der Waals surface area contributed by atoms with Crippen LogP contribution in [0.5, 0.6) is 11.5 Å². The third-order valence-corrected chi connectivity index (χ3v) is 3.25. The van der Waals surface area contributed by atoms with Crippen LogP contribution in [0.25, 0.3) is 10.8 Å². The molecule has 0 saturated carbocycles. The fourth-order valence-electron chi connectivity index (χ4n) is 2.19. The third kappa shape index (κ3) is 2.21. The molecule has 19 heavy (non-hydrogen) atoms. The van der Waals surface area contributed by atoms with Gasteiger partial charge in [-0.3, -0.25) is 4.79 Å². The number of rotatable bonds is 4. The average Bonchev–Trinajstić information content (AvgIpc) is 2.44. The Morgan fingerprint density at radius 2 is 1.79 bits per heavy atom. The Kier molecular flexibility index (Phi) is 3.60. The first-order valence-electron chi connectivity index (χ1n) is 5.96. The van der Waals surface area contributed by atoms with Crippen molar-refractivity contribution in [3.8, 4) is 11.5 Å². The summed E-state index contributed by atoms with van der Waals surface area (Å²) in [7, 11) is 3.12. The van der Waals surface area contributed by atoms with Gasteiger partial charge in [0.15, 0.2) is 0 Å². The molecule has 100 valence electrons. The molecule has 2 aromatic rings. The topological polar surface area (TPSA) is 55.8 Å². The van der Waals surface area contributed by atoms with Gasteiger partial charge in [-0.15, -0.1) is 0 Å². The van der Waals surface area contributed by atoms with Crippen molar-refractivity contribution in [2.24, 2.45) is 0 Å². The summed E-state index contributed by atoms with van der Waals surface area (Å²) in [6, 6.07) is 9.35. The molecule has 0 radical (unpaired) electrons. The van der Waals surface area contributed by atoms with Gasteiger partial charge in [0.05, 0.1) is 20.1 Å². The molecule has 1 unspecified atom stereocenters. The van der Waals surface area contributed by atoms with Crippen LogP contribution in [-0.2, 0) is 4.79 Å². The highest BCUT2D eigenvalue weighted by Gasteiger charge is 2.22. The lowest BCUT2D eigenvalue weighted by molar-refractivity contribution is -0.138. The van der Waals surface area contributed by atoms with Gasteiger partial charge in [-0.2, -0.15) is 0 Å². The number of hydrogen-bond acceptors (Lipinski definition) is 3. The predicted molar refractivity (Wildman–Crippen MR) is 73.1 cm³/mol. The predicted octanol–water partition coefficient (Wildman–Crippen LogP) is 3.05. The summed E-state index contributed by atoms with van der Waals surface area (Å²) in [5.41, 5.74) is 0.616. The van der Waals surface area contributed by atoms with Crippen molar-refractivity contribution >= 4 is 16.7 Å². The number of hydrogen-bond donors (Lipinski definition) is 1. The molecule has 4 nitrogen and oxygen atoms in total. The van der Waals surface area contributed by atoms with Crippen LogP contribution in [0.15, 0.2) is 30.3 Å². The molecule has 4 heteroatoms. The van der Waals surface area contributed by atoms with Gasteiger partial charge >= 0.3 is 5.97 Å². The van der Waals surface area contributed by atoms with E-state index in [0.29, 0.717) is 17.1 Å². The molecule has 0 aliphatic heterocycles. The Labute approximate surface area is 111 Å². The third-order valence-electron chi connectivity index (χ3n) is 3.25.